The molecular formula is C120H73N9O2S. The van der Waals surface area contributed by atoms with Gasteiger partial charge in [-0.1, -0.05) is 309 Å². The van der Waals surface area contributed by atoms with Crippen LogP contribution in [-0.2, 0) is 0 Å². The van der Waals surface area contributed by atoms with E-state index in [4.69, 9.17) is 38.7 Å². The van der Waals surface area contributed by atoms with Crippen molar-refractivity contribution in [3.8, 4) is 95.8 Å². The van der Waals surface area contributed by atoms with E-state index in [1.807, 2.05) is 127 Å². The molecule has 0 aliphatic heterocycles. The summed E-state index contributed by atoms with van der Waals surface area (Å²) in [5.74, 6) is 3.18. The van der Waals surface area contributed by atoms with E-state index >= 15 is 0 Å². The van der Waals surface area contributed by atoms with Crippen molar-refractivity contribution >= 4 is 174 Å². The summed E-state index contributed by atoms with van der Waals surface area (Å²) in [6.07, 6.45) is 0. The molecule has 0 radical (unpaired) electrons. The maximum absolute atomic E-state index is 6.40. The predicted octanol–water partition coefficient (Wildman–Crippen LogP) is 32.0. The average molecular weight is 1710 g/mol. The van der Waals surface area contributed by atoms with Crippen LogP contribution in [0.5, 0.6) is 0 Å². The Morgan fingerprint density at radius 3 is 1.05 bits per heavy atom. The molecule has 0 saturated carbocycles. The number of para-hydroxylation sites is 5. The third kappa shape index (κ3) is 12.9. The minimum absolute atomic E-state index is 0.619. The summed E-state index contributed by atoms with van der Waals surface area (Å²) in [6.45, 7) is 0. The van der Waals surface area contributed by atoms with Gasteiger partial charge in [-0.05, 0) is 193 Å². The van der Waals surface area contributed by atoms with Crippen LogP contribution in [0.15, 0.2) is 452 Å². The number of fused-ring (bicyclic) bond motifs is 24. The maximum atomic E-state index is 6.40. The lowest BCUT2D eigenvalue weighted by atomic mass is 9.96. The van der Waals surface area contributed by atoms with Crippen molar-refractivity contribution in [2.45, 2.75) is 0 Å². The summed E-state index contributed by atoms with van der Waals surface area (Å²) in [6, 6.07) is 156. The number of thiazole rings is 1. The number of benzene rings is 21. The molecule has 28 rings (SSSR count). The van der Waals surface area contributed by atoms with Gasteiger partial charge in [0.2, 0.25) is 11.8 Å². The fraction of sp³-hybridized carbons (Fsp3) is 0. The van der Waals surface area contributed by atoms with Crippen LogP contribution in [0.4, 0.5) is 0 Å². The van der Waals surface area contributed by atoms with Gasteiger partial charge in [-0.3, -0.25) is 0 Å². The van der Waals surface area contributed by atoms with Crippen LogP contribution >= 0.6 is 11.3 Å². The molecule has 132 heavy (non-hydrogen) atoms. The maximum Gasteiger partial charge on any atom is 0.227 e. The lowest BCUT2D eigenvalue weighted by Gasteiger charge is -2.12. The molecule has 21 aromatic carbocycles. The quantitative estimate of drug-likeness (QED) is 0.124. The molecule has 11 nitrogen and oxygen atoms in total. The molecule has 28 aromatic rings. The number of oxazole rings is 2. The molecule has 0 saturated heterocycles. The van der Waals surface area contributed by atoms with E-state index in [0.29, 0.717) is 29.3 Å². The number of hydrogen-bond donors (Lipinski definition) is 0. The van der Waals surface area contributed by atoms with Crippen molar-refractivity contribution in [2.24, 2.45) is 0 Å². The summed E-state index contributed by atoms with van der Waals surface area (Å²) < 4.78 is 21.2. The van der Waals surface area contributed by atoms with Crippen LogP contribution in [0.3, 0.4) is 0 Å². The van der Waals surface area contributed by atoms with Gasteiger partial charge in [0.05, 0.1) is 43.3 Å². The first-order valence-corrected chi connectivity index (χ1v) is 45.2. The highest BCUT2D eigenvalue weighted by Gasteiger charge is 2.24. The Labute approximate surface area is 759 Å². The largest absolute Gasteiger partial charge is 0.435 e. The number of rotatable bonds is 10. The summed E-state index contributed by atoms with van der Waals surface area (Å²) in [5.41, 5.74) is 23.4. The molecule has 616 valence electrons. The number of hydrogen-bond acceptors (Lipinski definition) is 9. The number of nitrogens with zero attached hydrogens (tertiary/aromatic N) is 9. The normalized spacial score (nSPS) is 11.8. The van der Waals surface area contributed by atoms with Crippen LogP contribution in [0.2, 0.25) is 0 Å². The summed E-state index contributed by atoms with van der Waals surface area (Å²) in [4.78, 5) is 29.3. The average Bonchev–Trinajstić information content (AvgIpc) is 1.56. The third-order valence-electron chi connectivity index (χ3n) is 25.8. The van der Waals surface area contributed by atoms with Gasteiger partial charge in [-0.25, -0.2) is 29.9 Å². The Hall–Kier alpha value is -17.6. The highest BCUT2D eigenvalue weighted by Crippen LogP contribution is 2.46. The van der Waals surface area contributed by atoms with E-state index < -0.39 is 0 Å². The van der Waals surface area contributed by atoms with Gasteiger partial charge in [-0.2, -0.15) is 0 Å². The van der Waals surface area contributed by atoms with Crippen molar-refractivity contribution < 1.29 is 8.83 Å². The van der Waals surface area contributed by atoms with E-state index in [0.717, 1.165) is 110 Å². The van der Waals surface area contributed by atoms with Crippen LogP contribution in [-0.4, -0.2) is 43.6 Å². The topological polar surface area (TPSA) is 118 Å². The van der Waals surface area contributed by atoms with Crippen molar-refractivity contribution in [2.75, 3.05) is 0 Å². The molecule has 0 aliphatic carbocycles. The molecule has 7 heterocycles. The lowest BCUT2D eigenvalue weighted by molar-refractivity contribution is 0.623. The first kappa shape index (κ1) is 75.7. The zero-order chi connectivity index (χ0) is 86.9. The smallest absolute Gasteiger partial charge is 0.227 e. The molecule has 7 aromatic heterocycles. The van der Waals surface area contributed by atoms with Gasteiger partial charge >= 0.3 is 0 Å². The predicted molar refractivity (Wildman–Crippen MR) is 547 cm³/mol. The molecule has 12 heteroatoms. The second kappa shape index (κ2) is 31.2. The van der Waals surface area contributed by atoms with E-state index in [1.165, 1.54) is 119 Å². The second-order valence-corrected chi connectivity index (χ2v) is 34.5. The molecule has 0 atom stereocenters. The lowest BCUT2D eigenvalue weighted by Crippen LogP contribution is -2.00. The molecule has 0 N–H and O–H groups in total. The Bertz CT molecular complexity index is 9400. The van der Waals surface area contributed by atoms with Gasteiger partial charge in [0, 0.05) is 98.9 Å². The summed E-state index contributed by atoms with van der Waals surface area (Å²) in [5, 5.41) is 22.5. The zero-order valence-electron chi connectivity index (χ0n) is 70.9. The van der Waals surface area contributed by atoms with Gasteiger partial charge in [0.1, 0.15) is 16.0 Å². The molecule has 0 unspecified atom stereocenters. The van der Waals surface area contributed by atoms with Crippen LogP contribution in [0.1, 0.15) is 0 Å². The SMILES string of the molecule is c1ccc(-c2nc(-c3ccccc3)nc(-c3ccc4c(ccc5ccc6nc(-c7ccccc7)oc6c54)c3)n2)cc1.c1ccc(-c2nc3ccc4ccc5cc(-c6ccc7c(c6)c6ccccc6n7-c6ccccc6)ccc5c4c3o2)cc1.c1ccc(-c2nc3ccc4ccc5cc(-n6c7ccccc7c7cc8c9ccccc9n(-c9ccccc9)c8cc76)ccc5c4c3s2)cc1. The standard InChI is InChI=1S/C45H27N3S.C39H24N2O.C36H22N4O/c1-3-11-29(12-4-1)45-46-38-24-21-28-19-20-30-25-32(22-23-33(30)43(28)44(38)49-45)48-40-18-10-8-16-35(40)37-26-36-34-15-7-9-17-39(34)47(41(36)27-42(37)48)31-13-5-2-6-14-31;1-3-9-26(10-4-1)39-40-34-21-18-25-15-16-29-23-27(17-20-31(29)37(25)38(34)42-39)28-19-22-36-33(24-28)32-13-7-8-14-35(32)41(36)30-11-5-2-6-12-30;1-4-10-24(11-5-1)33-38-34(25-12-6-2-7-13-25)40-35(39-33)28-18-20-29-27(22-28)17-16-23-19-21-30-32(31(23)29)41-36(37-30)26-14-8-3-9-15-26/h1-27H;1-24H;1-22H. The van der Waals surface area contributed by atoms with Crippen LogP contribution in [0.25, 0.3) is 258 Å². The van der Waals surface area contributed by atoms with E-state index in [9.17, 15) is 0 Å². The van der Waals surface area contributed by atoms with Gasteiger partial charge < -0.3 is 22.5 Å². The Morgan fingerprint density at radius 2 is 0.538 bits per heavy atom. The van der Waals surface area contributed by atoms with E-state index in [-0.39, 0.29) is 0 Å². The zero-order valence-corrected chi connectivity index (χ0v) is 71.7. The first-order chi connectivity index (χ1) is 65.4. The van der Waals surface area contributed by atoms with Gasteiger partial charge in [0.25, 0.3) is 0 Å². The molecule has 0 aliphatic rings. The number of aromatic nitrogens is 9. The monoisotopic (exact) mass is 1700 g/mol. The Balaban J connectivity index is 0.000000104. The van der Waals surface area contributed by atoms with Crippen molar-refractivity contribution in [1.29, 1.82) is 0 Å². The highest BCUT2D eigenvalue weighted by atomic mass is 32.1. The van der Waals surface area contributed by atoms with Crippen molar-refractivity contribution in [3.05, 3.63) is 443 Å². The fourth-order valence-electron chi connectivity index (χ4n) is 19.7. The van der Waals surface area contributed by atoms with Gasteiger partial charge in [0.15, 0.2) is 28.6 Å². The molecule has 0 spiro atoms. The Kier molecular flexibility index (Phi) is 17.9. The van der Waals surface area contributed by atoms with E-state index in [2.05, 4.69) is 329 Å². The minimum Gasteiger partial charge on any atom is -0.435 e. The first-order valence-electron chi connectivity index (χ1n) is 44.3. The highest BCUT2D eigenvalue weighted by molar-refractivity contribution is 7.22. The summed E-state index contributed by atoms with van der Waals surface area (Å²) >= 11 is 1.78. The van der Waals surface area contributed by atoms with E-state index in [1.54, 1.807) is 11.3 Å². The molecule has 0 amide bonds. The summed E-state index contributed by atoms with van der Waals surface area (Å²) in [7, 11) is 0. The van der Waals surface area contributed by atoms with Crippen LogP contribution in [0, 0.1) is 0 Å². The van der Waals surface area contributed by atoms with Crippen molar-refractivity contribution in [3.63, 3.8) is 0 Å². The second-order valence-electron chi connectivity index (χ2n) is 33.6. The molecular weight excluding hydrogens is 1630 g/mol. The van der Waals surface area contributed by atoms with Crippen molar-refractivity contribution in [1.82, 2.24) is 43.6 Å². The third-order valence-corrected chi connectivity index (χ3v) is 27.0. The van der Waals surface area contributed by atoms with Crippen LogP contribution < -0.4 is 0 Å². The fourth-order valence-corrected chi connectivity index (χ4v) is 20.8. The molecule has 0 bridgehead atoms. The van der Waals surface area contributed by atoms with Gasteiger partial charge in [-0.15, -0.1) is 11.3 Å². The minimum atomic E-state index is 0.619. The Morgan fingerprint density at radius 1 is 0.189 bits per heavy atom. The molecule has 0 fully saturated rings.